The van der Waals surface area contributed by atoms with Crippen LogP contribution in [0.5, 0.6) is 0 Å². The quantitative estimate of drug-likeness (QED) is 0.563. The molecule has 148 valence electrons. The standard InChI is InChI=1S/C20H18ClN5OS2/c1-29-16(15-7-6-13-4-2-3-5-14(13)12-15)19(27)22-20(29)26-10-8-25(9-11-26)18-17(21)23-28-24-18/h2-7,12,16H,1,8-11H2. The number of aliphatic imine (C=N–C) groups is 1. The monoisotopic (exact) mass is 443 g/mol. The van der Waals surface area contributed by atoms with Gasteiger partial charge in [0, 0.05) is 26.2 Å². The zero-order valence-corrected chi connectivity index (χ0v) is 17.9. The Morgan fingerprint density at radius 1 is 1.03 bits per heavy atom. The van der Waals surface area contributed by atoms with Crippen LogP contribution in [0.4, 0.5) is 5.82 Å². The van der Waals surface area contributed by atoms with Gasteiger partial charge in [0.05, 0.1) is 11.7 Å². The number of carbonyl (C=O) groups is 1. The van der Waals surface area contributed by atoms with Crippen molar-refractivity contribution in [3.63, 3.8) is 0 Å². The number of hydrogen-bond donors (Lipinski definition) is 0. The summed E-state index contributed by atoms with van der Waals surface area (Å²) in [6, 6.07) is 14.4. The van der Waals surface area contributed by atoms with Crippen molar-refractivity contribution >= 4 is 67.3 Å². The van der Waals surface area contributed by atoms with E-state index < -0.39 is 10.5 Å². The molecule has 0 N–H and O–H groups in total. The molecule has 3 aromatic rings. The molecule has 2 atom stereocenters. The maximum atomic E-state index is 12.8. The van der Waals surface area contributed by atoms with Crippen molar-refractivity contribution in [3.05, 3.63) is 53.2 Å². The van der Waals surface area contributed by atoms with Gasteiger partial charge in [0.25, 0.3) is 5.91 Å². The molecule has 2 unspecified atom stereocenters. The summed E-state index contributed by atoms with van der Waals surface area (Å²) in [6.07, 6.45) is 0. The Bertz CT molecular complexity index is 1150. The third kappa shape index (κ3) is 3.35. The third-order valence-electron chi connectivity index (χ3n) is 5.31. The van der Waals surface area contributed by atoms with Crippen LogP contribution in [0.25, 0.3) is 10.8 Å². The minimum Gasteiger partial charge on any atom is -0.350 e. The molecule has 0 aliphatic carbocycles. The van der Waals surface area contributed by atoms with Crippen LogP contribution in [-0.4, -0.2) is 56.8 Å². The van der Waals surface area contributed by atoms with Crippen LogP contribution in [-0.2, 0) is 4.79 Å². The summed E-state index contributed by atoms with van der Waals surface area (Å²) in [7, 11) is -0.516. The molecule has 9 heteroatoms. The first-order valence-corrected chi connectivity index (χ1v) is 11.8. The fourth-order valence-electron chi connectivity index (χ4n) is 3.82. The molecule has 2 aliphatic heterocycles. The van der Waals surface area contributed by atoms with Crippen molar-refractivity contribution in [1.29, 1.82) is 0 Å². The van der Waals surface area contributed by atoms with Crippen LogP contribution in [0.1, 0.15) is 10.8 Å². The van der Waals surface area contributed by atoms with Gasteiger partial charge in [0.15, 0.2) is 16.1 Å². The molecule has 1 saturated heterocycles. The van der Waals surface area contributed by atoms with Gasteiger partial charge >= 0.3 is 0 Å². The van der Waals surface area contributed by atoms with E-state index in [4.69, 9.17) is 11.6 Å². The van der Waals surface area contributed by atoms with Crippen LogP contribution >= 0.6 is 33.8 Å². The number of piperazine rings is 1. The lowest BCUT2D eigenvalue weighted by molar-refractivity contribution is -0.117. The highest BCUT2D eigenvalue weighted by molar-refractivity contribution is 8.28. The van der Waals surface area contributed by atoms with Crippen molar-refractivity contribution < 1.29 is 4.79 Å². The summed E-state index contributed by atoms with van der Waals surface area (Å²) >= 11 is 7.23. The predicted octanol–water partition coefficient (Wildman–Crippen LogP) is 3.81. The fourth-order valence-corrected chi connectivity index (χ4v) is 6.31. The van der Waals surface area contributed by atoms with Crippen molar-refractivity contribution in [2.45, 2.75) is 5.25 Å². The second kappa shape index (κ2) is 7.51. The normalized spacial score (nSPS) is 22.4. The van der Waals surface area contributed by atoms with E-state index in [2.05, 4.69) is 53.7 Å². The van der Waals surface area contributed by atoms with E-state index in [0.717, 1.165) is 65.2 Å². The van der Waals surface area contributed by atoms with Gasteiger partial charge in [0.1, 0.15) is 5.25 Å². The molecular formula is C20H18ClN5OS2. The number of rotatable bonds is 2. The number of halogens is 1. The van der Waals surface area contributed by atoms with E-state index in [1.807, 2.05) is 18.2 Å². The van der Waals surface area contributed by atoms with Crippen molar-refractivity contribution in [2.75, 3.05) is 31.1 Å². The molecule has 29 heavy (non-hydrogen) atoms. The molecule has 0 saturated carbocycles. The molecule has 1 fully saturated rings. The van der Waals surface area contributed by atoms with Gasteiger partial charge in [-0.3, -0.25) is 4.79 Å². The Morgan fingerprint density at radius 3 is 2.48 bits per heavy atom. The average molecular weight is 444 g/mol. The lowest BCUT2D eigenvalue weighted by atomic mass is 10.0. The highest BCUT2D eigenvalue weighted by Gasteiger charge is 2.36. The topological polar surface area (TPSA) is 61.7 Å². The first kappa shape index (κ1) is 18.7. The Hall–Kier alpha value is -2.29. The zero-order valence-electron chi connectivity index (χ0n) is 15.5. The fraction of sp³-hybridized carbons (Fsp3) is 0.250. The minimum absolute atomic E-state index is 0.0946. The van der Waals surface area contributed by atoms with E-state index in [-0.39, 0.29) is 11.2 Å². The number of amides is 1. The Kier molecular flexibility index (Phi) is 4.85. The second-order valence-electron chi connectivity index (χ2n) is 7.00. The summed E-state index contributed by atoms with van der Waals surface area (Å²) in [5.74, 6) is 4.99. The molecule has 1 aromatic heterocycles. The summed E-state index contributed by atoms with van der Waals surface area (Å²) in [4.78, 5) is 21.5. The maximum Gasteiger partial charge on any atom is 0.265 e. The van der Waals surface area contributed by atoms with Gasteiger partial charge in [-0.15, -0.1) is 10.5 Å². The van der Waals surface area contributed by atoms with Crippen molar-refractivity contribution in [1.82, 2.24) is 13.6 Å². The van der Waals surface area contributed by atoms with Gasteiger partial charge in [-0.05, 0) is 22.4 Å². The Morgan fingerprint density at radius 2 is 1.76 bits per heavy atom. The number of aromatic nitrogens is 2. The number of fused-ring (bicyclic) bond motifs is 1. The SMILES string of the molecule is C=S1C(N2CCN(c3nsnc3Cl)CC2)=NC(=O)C1c1ccc2ccccc2c1. The largest absolute Gasteiger partial charge is 0.350 e. The van der Waals surface area contributed by atoms with Crippen LogP contribution in [0.15, 0.2) is 47.5 Å². The van der Waals surface area contributed by atoms with Crippen molar-refractivity contribution in [2.24, 2.45) is 4.99 Å². The Balaban J connectivity index is 1.34. The van der Waals surface area contributed by atoms with Crippen LogP contribution in [0.2, 0.25) is 5.15 Å². The van der Waals surface area contributed by atoms with Gasteiger partial charge in [-0.1, -0.05) is 53.9 Å². The van der Waals surface area contributed by atoms with Gasteiger partial charge in [-0.2, -0.15) is 13.7 Å². The molecule has 5 rings (SSSR count). The van der Waals surface area contributed by atoms with Gasteiger partial charge in [0.2, 0.25) is 0 Å². The van der Waals surface area contributed by atoms with E-state index >= 15 is 0 Å². The number of amidine groups is 1. The lowest BCUT2D eigenvalue weighted by Crippen LogP contribution is -2.48. The highest BCUT2D eigenvalue weighted by Crippen LogP contribution is 2.43. The first-order chi connectivity index (χ1) is 14.1. The first-order valence-electron chi connectivity index (χ1n) is 9.24. The molecular weight excluding hydrogens is 426 g/mol. The van der Waals surface area contributed by atoms with Crippen LogP contribution in [0, 0.1) is 0 Å². The summed E-state index contributed by atoms with van der Waals surface area (Å²) in [5.41, 5.74) is 0.991. The Labute approximate surface area is 180 Å². The number of hydrogen-bond acceptors (Lipinski definition) is 6. The molecule has 0 radical (unpaired) electrons. The number of benzene rings is 2. The van der Waals surface area contributed by atoms with Crippen LogP contribution < -0.4 is 4.90 Å². The number of nitrogens with zero attached hydrogens (tertiary/aromatic N) is 5. The third-order valence-corrected chi connectivity index (χ3v) is 8.04. The van der Waals surface area contributed by atoms with Crippen molar-refractivity contribution in [3.8, 4) is 0 Å². The lowest BCUT2D eigenvalue weighted by Gasteiger charge is -2.36. The molecule has 0 spiro atoms. The molecule has 3 heterocycles. The van der Waals surface area contributed by atoms with E-state index in [1.165, 1.54) is 0 Å². The number of carbonyl (C=O) groups excluding carboxylic acids is 1. The maximum absolute atomic E-state index is 12.8. The van der Waals surface area contributed by atoms with E-state index in [1.54, 1.807) is 0 Å². The van der Waals surface area contributed by atoms with E-state index in [9.17, 15) is 4.79 Å². The van der Waals surface area contributed by atoms with Crippen LogP contribution in [0.3, 0.4) is 0 Å². The highest BCUT2D eigenvalue weighted by atomic mass is 35.5. The molecule has 6 nitrogen and oxygen atoms in total. The summed E-state index contributed by atoms with van der Waals surface area (Å²) < 4.78 is 8.32. The second-order valence-corrected chi connectivity index (χ2v) is 9.58. The average Bonchev–Trinajstić information content (AvgIpc) is 3.30. The van der Waals surface area contributed by atoms with E-state index in [0.29, 0.717) is 5.15 Å². The van der Waals surface area contributed by atoms with Gasteiger partial charge < -0.3 is 9.80 Å². The summed E-state index contributed by atoms with van der Waals surface area (Å²) in [5, 5.41) is 3.26. The molecule has 2 aromatic carbocycles. The molecule has 1 amide bonds. The smallest absolute Gasteiger partial charge is 0.265 e. The summed E-state index contributed by atoms with van der Waals surface area (Å²) in [6.45, 7) is 3.03. The predicted molar refractivity (Wildman–Crippen MR) is 123 cm³/mol. The molecule has 0 bridgehead atoms. The minimum atomic E-state index is -0.516. The number of anilines is 1. The zero-order chi connectivity index (χ0) is 20.0. The van der Waals surface area contributed by atoms with Gasteiger partial charge in [-0.25, -0.2) is 0 Å². The molecule has 2 aliphatic rings.